The SMILES string of the molecule is CCCCc1ccc(C(=O)N2C[C@@H]3C[C@H]2CN3[C@@H](C)c2ccnc(C)c2C)cc1. The van der Waals surface area contributed by atoms with E-state index in [-0.39, 0.29) is 5.91 Å². The molecule has 2 aliphatic rings. The molecule has 0 spiro atoms. The van der Waals surface area contributed by atoms with Crippen molar-refractivity contribution in [3.05, 3.63) is 64.5 Å². The quantitative estimate of drug-likeness (QED) is 0.716. The maximum atomic E-state index is 13.1. The van der Waals surface area contributed by atoms with Crippen molar-refractivity contribution < 1.29 is 4.79 Å². The molecule has 2 aliphatic heterocycles. The summed E-state index contributed by atoms with van der Waals surface area (Å²) in [5.74, 6) is 0.197. The van der Waals surface area contributed by atoms with Gasteiger partial charge in [-0.3, -0.25) is 14.7 Å². The molecule has 0 unspecified atom stereocenters. The lowest BCUT2D eigenvalue weighted by atomic mass is 10.00. The highest BCUT2D eigenvalue weighted by Crippen LogP contribution is 2.38. The topological polar surface area (TPSA) is 36.4 Å². The Morgan fingerprint density at radius 2 is 1.90 bits per heavy atom. The lowest BCUT2D eigenvalue weighted by Gasteiger charge is -2.38. The Bertz CT molecular complexity index is 876. The fourth-order valence-electron chi connectivity index (χ4n) is 5.07. The number of unbranched alkanes of at least 4 members (excludes halogenated alkanes) is 1. The fourth-order valence-corrected chi connectivity index (χ4v) is 5.07. The number of hydrogen-bond acceptors (Lipinski definition) is 3. The van der Waals surface area contributed by atoms with Crippen molar-refractivity contribution in [3.63, 3.8) is 0 Å². The Labute approximate surface area is 174 Å². The average Bonchev–Trinajstić information content (AvgIpc) is 3.34. The van der Waals surface area contributed by atoms with Crippen LogP contribution in [0, 0.1) is 13.8 Å². The molecule has 3 heterocycles. The van der Waals surface area contributed by atoms with Gasteiger partial charge in [0.25, 0.3) is 5.91 Å². The van der Waals surface area contributed by atoms with Gasteiger partial charge in [-0.25, -0.2) is 0 Å². The average molecular weight is 392 g/mol. The third-order valence-electron chi connectivity index (χ3n) is 7.01. The normalized spacial score (nSPS) is 22.3. The number of rotatable bonds is 6. The molecular formula is C25H33N3O. The van der Waals surface area contributed by atoms with E-state index in [9.17, 15) is 4.79 Å². The zero-order valence-corrected chi connectivity index (χ0v) is 18.2. The molecule has 2 aromatic rings. The Hall–Kier alpha value is -2.20. The number of pyridine rings is 1. The molecule has 1 amide bonds. The molecule has 2 bridgehead atoms. The van der Waals surface area contributed by atoms with Crippen LogP contribution in [0.5, 0.6) is 0 Å². The van der Waals surface area contributed by atoms with E-state index in [0.717, 1.165) is 37.2 Å². The third kappa shape index (κ3) is 3.83. The third-order valence-corrected chi connectivity index (χ3v) is 7.01. The van der Waals surface area contributed by atoms with Crippen molar-refractivity contribution >= 4 is 5.91 Å². The summed E-state index contributed by atoms with van der Waals surface area (Å²) in [6.07, 6.45) is 6.51. The largest absolute Gasteiger partial charge is 0.333 e. The number of amides is 1. The Morgan fingerprint density at radius 1 is 1.14 bits per heavy atom. The van der Waals surface area contributed by atoms with Crippen LogP contribution in [-0.2, 0) is 6.42 Å². The van der Waals surface area contributed by atoms with Crippen LogP contribution in [0.15, 0.2) is 36.5 Å². The molecule has 1 aromatic carbocycles. The second-order valence-electron chi connectivity index (χ2n) is 8.78. The van der Waals surface area contributed by atoms with E-state index in [2.05, 4.69) is 60.7 Å². The molecule has 29 heavy (non-hydrogen) atoms. The highest BCUT2D eigenvalue weighted by atomic mass is 16.2. The van der Waals surface area contributed by atoms with Gasteiger partial charge in [-0.15, -0.1) is 0 Å². The van der Waals surface area contributed by atoms with E-state index in [4.69, 9.17) is 0 Å². The Balaban J connectivity index is 1.42. The highest BCUT2D eigenvalue weighted by Gasteiger charge is 2.47. The van der Waals surface area contributed by atoms with Crippen molar-refractivity contribution in [1.29, 1.82) is 0 Å². The van der Waals surface area contributed by atoms with E-state index in [1.807, 2.05) is 18.3 Å². The summed E-state index contributed by atoms with van der Waals surface area (Å²) < 4.78 is 0. The predicted molar refractivity (Wildman–Crippen MR) is 117 cm³/mol. The van der Waals surface area contributed by atoms with Crippen LogP contribution in [-0.4, -0.2) is 45.9 Å². The first kappa shape index (κ1) is 20.1. The standard InChI is InChI=1S/C25H33N3O/c1-5-6-7-20-8-10-21(11-9-20)25(29)28-16-22-14-23(28)15-27(22)19(4)24-12-13-26-18(3)17(24)2/h8-13,19,22-23H,5-7,14-16H2,1-4H3/t19-,22-,23-/m0/s1. The van der Waals surface area contributed by atoms with Gasteiger partial charge in [-0.2, -0.15) is 0 Å². The Morgan fingerprint density at radius 3 is 2.55 bits per heavy atom. The number of carbonyl (C=O) groups excluding carboxylic acids is 1. The molecule has 0 N–H and O–H groups in total. The number of benzene rings is 1. The molecule has 2 fully saturated rings. The van der Waals surface area contributed by atoms with E-state index in [0.29, 0.717) is 18.1 Å². The van der Waals surface area contributed by atoms with Gasteiger partial charge in [0, 0.05) is 48.7 Å². The first-order valence-electron chi connectivity index (χ1n) is 11.1. The first-order chi connectivity index (χ1) is 14.0. The second-order valence-corrected chi connectivity index (χ2v) is 8.78. The van der Waals surface area contributed by atoms with Gasteiger partial charge in [-0.05, 0) is 74.9 Å². The Kier molecular flexibility index (Phi) is 5.73. The van der Waals surface area contributed by atoms with Crippen LogP contribution in [0.25, 0.3) is 0 Å². The summed E-state index contributed by atoms with van der Waals surface area (Å²) in [4.78, 5) is 22.2. The second kappa shape index (κ2) is 8.27. The minimum absolute atomic E-state index is 0.197. The lowest BCUT2D eigenvalue weighted by Crippen LogP contribution is -2.49. The molecule has 3 atom stereocenters. The van der Waals surface area contributed by atoms with Crippen molar-refractivity contribution in [3.8, 4) is 0 Å². The number of carbonyl (C=O) groups is 1. The number of aromatic nitrogens is 1. The number of aryl methyl sites for hydroxylation is 2. The summed E-state index contributed by atoms with van der Waals surface area (Å²) in [6, 6.07) is 11.6. The van der Waals surface area contributed by atoms with Gasteiger partial charge in [0.2, 0.25) is 0 Å². The van der Waals surface area contributed by atoms with Gasteiger partial charge >= 0.3 is 0 Å². The molecule has 4 heteroatoms. The van der Waals surface area contributed by atoms with Gasteiger partial charge in [0.1, 0.15) is 0 Å². The monoisotopic (exact) mass is 391 g/mol. The van der Waals surface area contributed by atoms with Crippen LogP contribution in [0.3, 0.4) is 0 Å². The zero-order valence-electron chi connectivity index (χ0n) is 18.2. The summed E-state index contributed by atoms with van der Waals surface area (Å²) in [6.45, 7) is 10.6. The van der Waals surface area contributed by atoms with Gasteiger partial charge in [0.15, 0.2) is 0 Å². The number of nitrogens with zero attached hydrogens (tertiary/aromatic N) is 3. The lowest BCUT2D eigenvalue weighted by molar-refractivity contribution is 0.0569. The van der Waals surface area contributed by atoms with Crippen LogP contribution >= 0.6 is 0 Å². The summed E-state index contributed by atoms with van der Waals surface area (Å²) in [5, 5.41) is 0. The molecule has 2 saturated heterocycles. The maximum Gasteiger partial charge on any atom is 0.254 e. The molecule has 0 aliphatic carbocycles. The maximum absolute atomic E-state index is 13.1. The highest BCUT2D eigenvalue weighted by molar-refractivity contribution is 5.94. The molecule has 154 valence electrons. The van der Waals surface area contributed by atoms with E-state index < -0.39 is 0 Å². The molecular weight excluding hydrogens is 358 g/mol. The van der Waals surface area contributed by atoms with E-state index in [1.165, 1.54) is 29.5 Å². The summed E-state index contributed by atoms with van der Waals surface area (Å²) >= 11 is 0. The number of fused-ring (bicyclic) bond motifs is 2. The summed E-state index contributed by atoms with van der Waals surface area (Å²) in [5.41, 5.74) is 5.93. The van der Waals surface area contributed by atoms with Crippen molar-refractivity contribution in [2.24, 2.45) is 0 Å². The first-order valence-corrected chi connectivity index (χ1v) is 11.1. The molecule has 0 saturated carbocycles. The van der Waals surface area contributed by atoms with Gasteiger partial charge in [-0.1, -0.05) is 25.5 Å². The van der Waals surface area contributed by atoms with Crippen molar-refractivity contribution in [2.45, 2.75) is 71.5 Å². The van der Waals surface area contributed by atoms with Gasteiger partial charge < -0.3 is 4.90 Å². The van der Waals surface area contributed by atoms with E-state index >= 15 is 0 Å². The molecule has 0 radical (unpaired) electrons. The molecule has 4 nitrogen and oxygen atoms in total. The van der Waals surface area contributed by atoms with Crippen LogP contribution in [0.2, 0.25) is 0 Å². The number of likely N-dealkylation sites (tertiary alicyclic amines) is 2. The molecule has 1 aromatic heterocycles. The zero-order chi connectivity index (χ0) is 20.5. The molecule has 4 rings (SSSR count). The number of piperazine rings is 1. The van der Waals surface area contributed by atoms with Crippen molar-refractivity contribution in [1.82, 2.24) is 14.8 Å². The van der Waals surface area contributed by atoms with E-state index in [1.54, 1.807) is 0 Å². The fraction of sp³-hybridized carbons (Fsp3) is 0.520. The van der Waals surface area contributed by atoms with Crippen molar-refractivity contribution in [2.75, 3.05) is 13.1 Å². The predicted octanol–water partition coefficient (Wildman–Crippen LogP) is 4.70. The van der Waals surface area contributed by atoms with Gasteiger partial charge in [0.05, 0.1) is 0 Å². The minimum Gasteiger partial charge on any atom is -0.333 e. The van der Waals surface area contributed by atoms with Crippen LogP contribution in [0.1, 0.15) is 71.9 Å². The minimum atomic E-state index is 0.197. The van der Waals surface area contributed by atoms with Crippen LogP contribution < -0.4 is 0 Å². The summed E-state index contributed by atoms with van der Waals surface area (Å²) in [7, 11) is 0. The number of hydrogen-bond donors (Lipinski definition) is 0. The van der Waals surface area contributed by atoms with Crippen LogP contribution in [0.4, 0.5) is 0 Å². The smallest absolute Gasteiger partial charge is 0.254 e.